The average molecular weight is 289 g/mol. The van der Waals surface area contributed by atoms with E-state index in [0.717, 1.165) is 42.8 Å². The Bertz CT molecular complexity index is 644. The zero-order chi connectivity index (χ0) is 15.2. The first-order valence-corrected chi connectivity index (χ1v) is 7.53. The van der Waals surface area contributed by atoms with Crippen molar-refractivity contribution in [1.29, 1.82) is 0 Å². The summed E-state index contributed by atoms with van der Waals surface area (Å²) < 4.78 is 11.0. The van der Waals surface area contributed by atoms with Gasteiger partial charge in [-0.3, -0.25) is 0 Å². The molecule has 0 aliphatic heterocycles. The average Bonchev–Trinajstić information content (AvgIpc) is 2.47. The van der Waals surface area contributed by atoms with E-state index in [9.17, 15) is 4.79 Å². The van der Waals surface area contributed by atoms with Crippen LogP contribution in [0.15, 0.2) is 33.5 Å². The molecule has 0 radical (unpaired) electrons. The van der Waals surface area contributed by atoms with Gasteiger partial charge in [0.05, 0.1) is 6.61 Å². The minimum Gasteiger partial charge on any atom is -0.493 e. The van der Waals surface area contributed by atoms with Gasteiger partial charge in [-0.1, -0.05) is 13.8 Å². The van der Waals surface area contributed by atoms with Crippen molar-refractivity contribution >= 4 is 11.0 Å². The summed E-state index contributed by atoms with van der Waals surface area (Å²) in [4.78, 5) is 13.8. The number of ether oxygens (including phenoxy) is 1. The van der Waals surface area contributed by atoms with Gasteiger partial charge in [0.2, 0.25) is 0 Å². The molecule has 0 atom stereocenters. The Morgan fingerprint density at radius 3 is 2.67 bits per heavy atom. The summed E-state index contributed by atoms with van der Waals surface area (Å²) >= 11 is 0. The maximum Gasteiger partial charge on any atom is 0.336 e. The van der Waals surface area contributed by atoms with Crippen LogP contribution in [0.3, 0.4) is 0 Å². The van der Waals surface area contributed by atoms with Gasteiger partial charge in [-0.15, -0.1) is 0 Å². The van der Waals surface area contributed by atoms with E-state index in [2.05, 4.69) is 18.7 Å². The van der Waals surface area contributed by atoms with E-state index in [1.807, 2.05) is 19.1 Å². The van der Waals surface area contributed by atoms with Gasteiger partial charge in [-0.2, -0.15) is 0 Å². The molecule has 0 saturated heterocycles. The van der Waals surface area contributed by atoms with Crippen molar-refractivity contribution in [2.45, 2.75) is 27.2 Å². The summed E-state index contributed by atoms with van der Waals surface area (Å²) in [5, 5.41) is 0.949. The summed E-state index contributed by atoms with van der Waals surface area (Å²) in [5.74, 6) is 0.746. The van der Waals surface area contributed by atoms with Crippen molar-refractivity contribution in [3.63, 3.8) is 0 Å². The van der Waals surface area contributed by atoms with Crippen LogP contribution in [-0.4, -0.2) is 31.1 Å². The van der Waals surface area contributed by atoms with Gasteiger partial charge in [0.15, 0.2) is 0 Å². The van der Waals surface area contributed by atoms with Crippen molar-refractivity contribution in [3.8, 4) is 5.75 Å². The highest BCUT2D eigenvalue weighted by molar-refractivity contribution is 5.81. The Kier molecular flexibility index (Phi) is 5.39. The normalized spacial score (nSPS) is 11.2. The second-order valence-corrected chi connectivity index (χ2v) is 5.14. The Labute approximate surface area is 125 Å². The van der Waals surface area contributed by atoms with Gasteiger partial charge in [0, 0.05) is 24.1 Å². The fraction of sp³-hybridized carbons (Fsp3) is 0.471. The minimum atomic E-state index is -0.321. The lowest BCUT2D eigenvalue weighted by atomic mass is 10.1. The third-order valence-electron chi connectivity index (χ3n) is 3.70. The molecule has 2 rings (SSSR count). The van der Waals surface area contributed by atoms with Crippen molar-refractivity contribution < 1.29 is 9.15 Å². The van der Waals surface area contributed by atoms with Gasteiger partial charge >= 0.3 is 5.63 Å². The first-order valence-electron chi connectivity index (χ1n) is 7.53. The van der Waals surface area contributed by atoms with Gasteiger partial charge < -0.3 is 14.1 Å². The largest absolute Gasteiger partial charge is 0.493 e. The third kappa shape index (κ3) is 4.08. The highest BCUT2D eigenvalue weighted by Crippen LogP contribution is 2.22. The minimum absolute atomic E-state index is 0.321. The molecule has 0 spiro atoms. The zero-order valence-electron chi connectivity index (χ0n) is 13.0. The Hall–Kier alpha value is -1.81. The Balaban J connectivity index is 1.98. The first kappa shape index (κ1) is 15.6. The highest BCUT2D eigenvalue weighted by Gasteiger charge is 2.04. The van der Waals surface area contributed by atoms with Crippen molar-refractivity contribution in [1.82, 2.24) is 4.90 Å². The molecular weight excluding hydrogens is 266 g/mol. The van der Waals surface area contributed by atoms with Crippen LogP contribution in [0.5, 0.6) is 5.75 Å². The Morgan fingerprint density at radius 2 is 1.95 bits per heavy atom. The van der Waals surface area contributed by atoms with Gasteiger partial charge in [-0.25, -0.2) is 4.79 Å². The summed E-state index contributed by atoms with van der Waals surface area (Å²) in [6.45, 7) is 10.1. The highest BCUT2D eigenvalue weighted by atomic mass is 16.5. The maximum absolute atomic E-state index is 11.4. The van der Waals surface area contributed by atoms with E-state index in [1.54, 1.807) is 6.07 Å². The van der Waals surface area contributed by atoms with Gasteiger partial charge in [0.25, 0.3) is 0 Å². The lowest BCUT2D eigenvalue weighted by Crippen LogP contribution is -2.25. The molecule has 0 saturated carbocycles. The fourth-order valence-electron chi connectivity index (χ4n) is 2.41. The van der Waals surface area contributed by atoms with Crippen LogP contribution in [0.1, 0.15) is 25.8 Å². The predicted octanol–water partition coefficient (Wildman–Crippen LogP) is 3.21. The molecular formula is C17H23NO3. The predicted molar refractivity (Wildman–Crippen MR) is 85.1 cm³/mol. The molecule has 4 nitrogen and oxygen atoms in total. The number of fused-ring (bicyclic) bond motifs is 1. The molecule has 4 heteroatoms. The molecule has 0 aliphatic rings. The van der Waals surface area contributed by atoms with Crippen LogP contribution in [-0.2, 0) is 0 Å². The van der Waals surface area contributed by atoms with Crippen LogP contribution >= 0.6 is 0 Å². The number of aryl methyl sites for hydroxylation is 1. The summed E-state index contributed by atoms with van der Waals surface area (Å²) in [7, 11) is 0. The summed E-state index contributed by atoms with van der Waals surface area (Å²) in [6, 6.07) is 7.16. The lowest BCUT2D eigenvalue weighted by molar-refractivity contribution is 0.249. The number of nitrogens with zero attached hydrogens (tertiary/aromatic N) is 1. The van der Waals surface area contributed by atoms with Crippen molar-refractivity contribution in [2.75, 3.05) is 26.2 Å². The number of hydrogen-bond donors (Lipinski definition) is 0. The molecule has 0 fully saturated rings. The quantitative estimate of drug-likeness (QED) is 0.580. The number of benzene rings is 1. The van der Waals surface area contributed by atoms with E-state index >= 15 is 0 Å². The van der Waals surface area contributed by atoms with E-state index < -0.39 is 0 Å². The monoisotopic (exact) mass is 289 g/mol. The molecule has 2 aromatic rings. The molecule has 0 N–H and O–H groups in total. The second kappa shape index (κ2) is 7.27. The SMILES string of the molecule is CCN(CC)CCCOc1ccc2c(C)cc(=O)oc2c1. The molecule has 1 aromatic carbocycles. The topological polar surface area (TPSA) is 42.7 Å². The molecule has 0 bridgehead atoms. The van der Waals surface area contributed by atoms with Crippen LogP contribution < -0.4 is 10.4 Å². The van der Waals surface area contributed by atoms with E-state index in [1.165, 1.54) is 6.07 Å². The molecule has 0 amide bonds. The van der Waals surface area contributed by atoms with Crippen molar-refractivity contribution in [3.05, 3.63) is 40.2 Å². The van der Waals surface area contributed by atoms with E-state index in [0.29, 0.717) is 12.2 Å². The maximum atomic E-state index is 11.4. The lowest BCUT2D eigenvalue weighted by Gasteiger charge is -2.17. The fourth-order valence-corrected chi connectivity index (χ4v) is 2.41. The summed E-state index contributed by atoms with van der Waals surface area (Å²) in [6.07, 6.45) is 0.984. The molecule has 1 heterocycles. The Morgan fingerprint density at radius 1 is 1.19 bits per heavy atom. The molecule has 1 aromatic heterocycles. The smallest absolute Gasteiger partial charge is 0.336 e. The van der Waals surface area contributed by atoms with E-state index in [-0.39, 0.29) is 5.63 Å². The van der Waals surface area contributed by atoms with Crippen LogP contribution in [0, 0.1) is 6.92 Å². The first-order chi connectivity index (χ1) is 10.1. The van der Waals surface area contributed by atoms with Crippen LogP contribution in [0.25, 0.3) is 11.0 Å². The standard InChI is InChI=1S/C17H23NO3/c1-4-18(5-2)9-6-10-20-14-7-8-15-13(3)11-17(19)21-16(15)12-14/h7-8,11-12H,4-6,9-10H2,1-3H3. The molecule has 114 valence electrons. The molecule has 0 unspecified atom stereocenters. The van der Waals surface area contributed by atoms with E-state index in [4.69, 9.17) is 9.15 Å². The van der Waals surface area contributed by atoms with Crippen LogP contribution in [0.4, 0.5) is 0 Å². The van der Waals surface area contributed by atoms with Gasteiger partial charge in [-0.05, 0) is 44.1 Å². The van der Waals surface area contributed by atoms with Crippen LogP contribution in [0.2, 0.25) is 0 Å². The summed E-state index contributed by atoms with van der Waals surface area (Å²) in [5.41, 5.74) is 1.19. The molecule has 21 heavy (non-hydrogen) atoms. The second-order valence-electron chi connectivity index (χ2n) is 5.14. The van der Waals surface area contributed by atoms with Crippen molar-refractivity contribution in [2.24, 2.45) is 0 Å². The van der Waals surface area contributed by atoms with Gasteiger partial charge in [0.1, 0.15) is 11.3 Å². The zero-order valence-corrected chi connectivity index (χ0v) is 13.0. The third-order valence-corrected chi connectivity index (χ3v) is 3.70. The number of hydrogen-bond acceptors (Lipinski definition) is 4. The molecule has 0 aliphatic carbocycles. The number of rotatable bonds is 7.